The third-order valence-electron chi connectivity index (χ3n) is 1.84. The topological polar surface area (TPSA) is 52.6 Å². The summed E-state index contributed by atoms with van der Waals surface area (Å²) >= 11 is 1.53. The molecule has 1 rings (SSSR count). The Morgan fingerprint density at radius 3 is 2.33 bits per heavy atom. The van der Waals surface area contributed by atoms with Gasteiger partial charge in [0.15, 0.2) is 23.0 Å². The number of carbonyl (C=O) groups excluding carboxylic acids is 2. The van der Waals surface area contributed by atoms with Crippen LogP contribution in [0.25, 0.3) is 0 Å². The van der Waals surface area contributed by atoms with Crippen LogP contribution in [0.4, 0.5) is 0 Å². The van der Waals surface area contributed by atoms with Gasteiger partial charge in [-0.2, -0.15) is 0 Å². The molecule has 1 aromatic carbocycles. The van der Waals surface area contributed by atoms with Gasteiger partial charge >= 0.3 is 11.9 Å². The Kier molecular flexibility index (Phi) is 4.54. The van der Waals surface area contributed by atoms with E-state index in [4.69, 9.17) is 0 Å². The van der Waals surface area contributed by atoms with Crippen molar-refractivity contribution in [2.45, 2.75) is 6.42 Å². The van der Waals surface area contributed by atoms with Crippen LogP contribution in [-0.4, -0.2) is 19.0 Å². The maximum absolute atomic E-state index is 11.1. The zero-order valence-corrected chi connectivity index (χ0v) is 10.2. The zero-order chi connectivity index (χ0) is 11.3. The monoisotopic (exact) mass is 320 g/mol. The van der Waals surface area contributed by atoms with Gasteiger partial charge in [0.1, 0.15) is 0 Å². The van der Waals surface area contributed by atoms with E-state index in [0.717, 1.165) is 5.56 Å². The summed E-state index contributed by atoms with van der Waals surface area (Å²) < 4.78 is 9.04. The lowest BCUT2D eigenvalue weighted by atomic mass is 10.1. The van der Waals surface area contributed by atoms with E-state index in [0.29, 0.717) is 5.56 Å². The molecule has 0 spiro atoms. The lowest BCUT2D eigenvalue weighted by Gasteiger charge is -2.01. The summed E-state index contributed by atoms with van der Waals surface area (Å²) in [4.78, 5) is 22.0. The van der Waals surface area contributed by atoms with Crippen molar-refractivity contribution in [3.05, 3.63) is 35.4 Å². The minimum Gasteiger partial charge on any atom is -0.469 e. The van der Waals surface area contributed by atoms with Crippen molar-refractivity contribution in [1.29, 1.82) is 0 Å². The predicted molar refractivity (Wildman–Crippen MR) is 61.6 cm³/mol. The fourth-order valence-corrected chi connectivity index (χ4v) is 1.30. The van der Waals surface area contributed by atoms with Gasteiger partial charge in [-0.3, -0.25) is 4.79 Å². The number of esters is 1. The van der Waals surface area contributed by atoms with Crippen molar-refractivity contribution in [2.24, 2.45) is 0 Å². The summed E-state index contributed by atoms with van der Waals surface area (Å²) in [7, 11) is 1.34. The van der Waals surface area contributed by atoms with Gasteiger partial charge in [0.25, 0.3) is 0 Å². The van der Waals surface area contributed by atoms with Crippen LogP contribution in [0.2, 0.25) is 0 Å². The van der Waals surface area contributed by atoms with Crippen molar-refractivity contribution < 1.29 is 17.4 Å². The first-order valence-electron chi connectivity index (χ1n) is 4.16. The first kappa shape index (κ1) is 12.0. The van der Waals surface area contributed by atoms with Crippen LogP contribution in [0.15, 0.2) is 24.3 Å². The number of hydrogen-bond donors (Lipinski definition) is 0. The van der Waals surface area contributed by atoms with Gasteiger partial charge in [0.2, 0.25) is 0 Å². The Morgan fingerprint density at radius 2 is 1.87 bits per heavy atom. The Morgan fingerprint density at radius 1 is 1.27 bits per heavy atom. The van der Waals surface area contributed by atoms with Gasteiger partial charge < -0.3 is 7.80 Å². The molecule has 0 amide bonds. The van der Waals surface area contributed by atoms with Crippen LogP contribution < -0.4 is 0 Å². The number of benzene rings is 1. The number of carbonyl (C=O) groups is 2. The van der Waals surface area contributed by atoms with E-state index in [-0.39, 0.29) is 12.4 Å². The molecule has 0 aliphatic carbocycles. The average Bonchev–Trinajstić information content (AvgIpc) is 2.29. The zero-order valence-electron chi connectivity index (χ0n) is 8.03. The molecule has 0 fully saturated rings. The van der Waals surface area contributed by atoms with Crippen molar-refractivity contribution in [3.8, 4) is 0 Å². The molecule has 5 heteroatoms. The van der Waals surface area contributed by atoms with Crippen LogP contribution in [-0.2, 0) is 19.0 Å². The molecule has 0 aliphatic rings. The molecule has 0 bridgehead atoms. The van der Waals surface area contributed by atoms with Gasteiger partial charge in [0, 0.05) is 0 Å². The normalized spacial score (nSPS) is 9.47. The molecule has 0 atom stereocenters. The molecule has 0 N–H and O–H groups in total. The van der Waals surface area contributed by atoms with E-state index in [1.165, 1.54) is 30.1 Å². The fraction of sp³-hybridized carbons (Fsp3) is 0.200. The van der Waals surface area contributed by atoms with E-state index in [9.17, 15) is 9.59 Å². The SMILES string of the molecule is COC(=O)Cc1ccc(C(=O)OI)cc1. The molecule has 0 radical (unpaired) electrons. The highest BCUT2D eigenvalue weighted by Gasteiger charge is 2.07. The fourth-order valence-electron chi connectivity index (χ4n) is 1.04. The highest BCUT2D eigenvalue weighted by Crippen LogP contribution is 2.08. The molecule has 0 aromatic heterocycles. The minimum absolute atomic E-state index is 0.204. The Hall–Kier alpha value is -1.11. The molecule has 1 aromatic rings. The van der Waals surface area contributed by atoms with E-state index < -0.39 is 5.97 Å². The highest BCUT2D eigenvalue weighted by molar-refractivity contribution is 14.1. The first-order valence-corrected chi connectivity index (χ1v) is 5.04. The molecule has 4 nitrogen and oxygen atoms in total. The third-order valence-corrected chi connectivity index (χ3v) is 2.24. The van der Waals surface area contributed by atoms with Gasteiger partial charge in [-0.15, -0.1) is 0 Å². The molecule has 0 heterocycles. The molecule has 0 saturated carbocycles. The Labute approximate surface area is 101 Å². The highest BCUT2D eigenvalue weighted by atomic mass is 127. The molecule has 0 saturated heterocycles. The van der Waals surface area contributed by atoms with Crippen molar-refractivity contribution >= 4 is 34.9 Å². The van der Waals surface area contributed by atoms with E-state index in [1.807, 2.05) is 0 Å². The average molecular weight is 320 g/mol. The van der Waals surface area contributed by atoms with Gasteiger partial charge in [-0.05, 0) is 17.7 Å². The largest absolute Gasteiger partial charge is 0.469 e. The van der Waals surface area contributed by atoms with Gasteiger partial charge in [0.05, 0.1) is 19.1 Å². The molecule has 0 aliphatic heterocycles. The van der Waals surface area contributed by atoms with Crippen LogP contribution in [0, 0.1) is 0 Å². The molecule has 0 unspecified atom stereocenters. The second-order valence-corrected chi connectivity index (χ2v) is 3.25. The van der Waals surface area contributed by atoms with Crippen LogP contribution in [0.5, 0.6) is 0 Å². The predicted octanol–water partition coefficient (Wildman–Crippen LogP) is 1.91. The molecular formula is C10H9IO4. The lowest BCUT2D eigenvalue weighted by Crippen LogP contribution is -2.05. The maximum Gasteiger partial charge on any atom is 0.347 e. The summed E-state index contributed by atoms with van der Waals surface area (Å²) in [5.41, 5.74) is 1.25. The number of rotatable bonds is 3. The Bertz CT molecular complexity index is 358. The van der Waals surface area contributed by atoms with Crippen molar-refractivity contribution in [1.82, 2.24) is 0 Å². The first-order chi connectivity index (χ1) is 7.17. The number of halogens is 1. The number of hydrogen-bond acceptors (Lipinski definition) is 4. The standard InChI is InChI=1S/C10H9IO4/c1-14-9(12)6-7-2-4-8(5-3-7)10(13)15-11/h2-5H,6H2,1H3. The summed E-state index contributed by atoms with van der Waals surface area (Å²) in [6, 6.07) is 6.61. The maximum atomic E-state index is 11.1. The summed E-state index contributed by atoms with van der Waals surface area (Å²) in [6.07, 6.45) is 0.204. The second kappa shape index (κ2) is 5.69. The number of methoxy groups -OCH3 is 1. The van der Waals surface area contributed by atoms with Crippen LogP contribution in [0.1, 0.15) is 15.9 Å². The van der Waals surface area contributed by atoms with Crippen LogP contribution >= 0.6 is 23.0 Å². The van der Waals surface area contributed by atoms with Crippen molar-refractivity contribution in [2.75, 3.05) is 7.11 Å². The Balaban J connectivity index is 2.72. The molecule has 15 heavy (non-hydrogen) atoms. The van der Waals surface area contributed by atoms with Gasteiger partial charge in [-0.25, -0.2) is 4.79 Å². The quantitative estimate of drug-likeness (QED) is 0.631. The molecular weight excluding hydrogens is 311 g/mol. The van der Waals surface area contributed by atoms with E-state index in [2.05, 4.69) is 7.80 Å². The summed E-state index contributed by atoms with van der Waals surface area (Å²) in [5, 5.41) is 0. The molecule has 80 valence electrons. The van der Waals surface area contributed by atoms with Gasteiger partial charge in [-0.1, -0.05) is 12.1 Å². The lowest BCUT2D eigenvalue weighted by molar-refractivity contribution is -0.139. The smallest absolute Gasteiger partial charge is 0.347 e. The number of ether oxygens (including phenoxy) is 1. The van der Waals surface area contributed by atoms with E-state index in [1.54, 1.807) is 24.3 Å². The van der Waals surface area contributed by atoms with Crippen LogP contribution in [0.3, 0.4) is 0 Å². The second-order valence-electron chi connectivity index (χ2n) is 2.81. The summed E-state index contributed by atoms with van der Waals surface area (Å²) in [5.74, 6) is -0.709. The third kappa shape index (κ3) is 3.50. The summed E-state index contributed by atoms with van der Waals surface area (Å²) in [6.45, 7) is 0. The van der Waals surface area contributed by atoms with E-state index >= 15 is 0 Å². The minimum atomic E-state index is -0.403. The van der Waals surface area contributed by atoms with Crippen molar-refractivity contribution in [3.63, 3.8) is 0 Å².